The molecule has 1 aliphatic carbocycles. The first-order valence-corrected chi connectivity index (χ1v) is 7.42. The number of hydrogen-bond acceptors (Lipinski definition) is 2. The minimum atomic E-state index is 0.333. The summed E-state index contributed by atoms with van der Waals surface area (Å²) in [5.41, 5.74) is 6.71. The highest BCUT2D eigenvalue weighted by Crippen LogP contribution is 2.33. The van der Waals surface area contributed by atoms with E-state index in [1.165, 1.54) is 35.2 Å². The molecule has 0 fully saturated rings. The van der Waals surface area contributed by atoms with Crippen molar-refractivity contribution in [2.24, 2.45) is 7.05 Å². The third-order valence-electron chi connectivity index (χ3n) is 4.58. The van der Waals surface area contributed by atoms with Crippen molar-refractivity contribution in [3.8, 4) is 0 Å². The molecule has 0 saturated carbocycles. The average Bonchev–Trinajstić information content (AvgIpc) is 2.92. The Morgan fingerprint density at radius 1 is 1.30 bits per heavy atom. The van der Waals surface area contributed by atoms with Crippen molar-refractivity contribution < 1.29 is 0 Å². The first-order valence-electron chi connectivity index (χ1n) is 7.42. The highest BCUT2D eigenvalue weighted by molar-refractivity contribution is 5.35. The number of aromatic nitrogens is 2. The van der Waals surface area contributed by atoms with E-state index in [2.05, 4.69) is 55.5 Å². The topological polar surface area (TPSA) is 29.9 Å². The fraction of sp³-hybridized carbons (Fsp3) is 0.471. The fourth-order valence-electron chi connectivity index (χ4n) is 3.53. The summed E-state index contributed by atoms with van der Waals surface area (Å²) in [5.74, 6) is 0. The normalized spacial score (nSPS) is 19.1. The van der Waals surface area contributed by atoms with Gasteiger partial charge in [-0.05, 0) is 44.7 Å². The number of rotatable bonds is 3. The number of fused-ring (bicyclic) bond motifs is 1. The van der Waals surface area contributed by atoms with Crippen LogP contribution in [0.2, 0.25) is 0 Å². The molecule has 2 atom stereocenters. The van der Waals surface area contributed by atoms with Gasteiger partial charge in [-0.3, -0.25) is 4.68 Å². The van der Waals surface area contributed by atoms with Gasteiger partial charge < -0.3 is 5.32 Å². The molecule has 3 nitrogen and oxygen atoms in total. The molecule has 2 aromatic rings. The largest absolute Gasteiger partial charge is 0.303 e. The van der Waals surface area contributed by atoms with Gasteiger partial charge in [0.1, 0.15) is 0 Å². The van der Waals surface area contributed by atoms with Crippen LogP contribution in [0.25, 0.3) is 0 Å². The smallest absolute Gasteiger partial charge is 0.0644 e. The van der Waals surface area contributed by atoms with E-state index in [0.717, 1.165) is 5.69 Å². The minimum Gasteiger partial charge on any atom is -0.303 e. The van der Waals surface area contributed by atoms with Crippen molar-refractivity contribution in [2.75, 3.05) is 0 Å². The van der Waals surface area contributed by atoms with Gasteiger partial charge in [0.15, 0.2) is 0 Å². The summed E-state index contributed by atoms with van der Waals surface area (Å²) in [5, 5.41) is 8.32. The van der Waals surface area contributed by atoms with Crippen LogP contribution in [0.3, 0.4) is 0 Å². The molecule has 1 aliphatic rings. The zero-order valence-electron chi connectivity index (χ0n) is 12.8. The Labute approximate surface area is 121 Å². The number of hydrogen-bond donors (Lipinski definition) is 1. The van der Waals surface area contributed by atoms with Gasteiger partial charge >= 0.3 is 0 Å². The van der Waals surface area contributed by atoms with Crippen molar-refractivity contribution in [1.82, 2.24) is 15.1 Å². The van der Waals surface area contributed by atoms with Crippen LogP contribution >= 0.6 is 0 Å². The lowest BCUT2D eigenvalue weighted by Crippen LogP contribution is -2.23. The summed E-state index contributed by atoms with van der Waals surface area (Å²) in [6, 6.07) is 9.60. The van der Waals surface area contributed by atoms with E-state index >= 15 is 0 Å². The molecule has 0 aliphatic heterocycles. The number of nitrogens with one attached hydrogen (secondary N) is 1. The van der Waals surface area contributed by atoms with Crippen LogP contribution in [0.1, 0.15) is 53.5 Å². The van der Waals surface area contributed by atoms with Gasteiger partial charge in [-0.15, -0.1) is 0 Å². The molecule has 0 amide bonds. The van der Waals surface area contributed by atoms with E-state index in [9.17, 15) is 0 Å². The van der Waals surface area contributed by atoms with Crippen molar-refractivity contribution in [3.63, 3.8) is 0 Å². The summed E-state index contributed by atoms with van der Waals surface area (Å²) in [7, 11) is 2.02. The molecule has 106 valence electrons. The molecule has 1 aromatic carbocycles. The van der Waals surface area contributed by atoms with Crippen molar-refractivity contribution in [1.29, 1.82) is 0 Å². The van der Waals surface area contributed by atoms with Gasteiger partial charge in [0.05, 0.1) is 5.69 Å². The van der Waals surface area contributed by atoms with Crippen LogP contribution in [0.15, 0.2) is 24.3 Å². The van der Waals surface area contributed by atoms with Gasteiger partial charge in [-0.25, -0.2) is 0 Å². The number of nitrogens with zero attached hydrogens (tertiary/aromatic N) is 2. The molecule has 0 radical (unpaired) electrons. The van der Waals surface area contributed by atoms with Gasteiger partial charge in [0.2, 0.25) is 0 Å². The lowest BCUT2D eigenvalue weighted by molar-refractivity contribution is 0.462. The maximum absolute atomic E-state index is 4.53. The average molecular weight is 269 g/mol. The highest BCUT2D eigenvalue weighted by Gasteiger charge is 2.25. The molecule has 1 heterocycles. The van der Waals surface area contributed by atoms with Crippen LogP contribution in [-0.2, 0) is 13.5 Å². The molecular weight excluding hydrogens is 246 g/mol. The Balaban J connectivity index is 1.82. The second-order valence-electron chi connectivity index (χ2n) is 5.89. The van der Waals surface area contributed by atoms with Crippen molar-refractivity contribution in [2.45, 2.75) is 45.7 Å². The lowest BCUT2D eigenvalue weighted by atomic mass is 10.0. The third-order valence-corrected chi connectivity index (χ3v) is 4.58. The Morgan fingerprint density at radius 2 is 2.05 bits per heavy atom. The van der Waals surface area contributed by atoms with Crippen molar-refractivity contribution >= 4 is 0 Å². The van der Waals surface area contributed by atoms with Crippen LogP contribution < -0.4 is 5.32 Å². The minimum absolute atomic E-state index is 0.333. The molecule has 1 aromatic heterocycles. The summed E-state index contributed by atoms with van der Waals surface area (Å²) >= 11 is 0. The summed E-state index contributed by atoms with van der Waals surface area (Å²) in [6.07, 6.45) is 2.38. The zero-order chi connectivity index (χ0) is 14.3. The maximum Gasteiger partial charge on any atom is 0.0644 e. The number of benzene rings is 1. The Morgan fingerprint density at radius 3 is 2.75 bits per heavy atom. The SMILES string of the molecule is Cc1nn(C)c(C)c1C(C)NC1CCc2ccccc21. The monoisotopic (exact) mass is 269 g/mol. The Hall–Kier alpha value is -1.61. The van der Waals surface area contributed by atoms with Gasteiger partial charge in [-0.1, -0.05) is 24.3 Å². The molecule has 3 rings (SSSR count). The summed E-state index contributed by atoms with van der Waals surface area (Å²) in [4.78, 5) is 0. The Bertz CT molecular complexity index is 627. The first-order chi connectivity index (χ1) is 9.58. The van der Waals surface area contributed by atoms with Gasteiger partial charge in [0, 0.05) is 30.4 Å². The molecule has 0 spiro atoms. The quantitative estimate of drug-likeness (QED) is 0.925. The molecular formula is C17H23N3. The summed E-state index contributed by atoms with van der Waals surface area (Å²) in [6.45, 7) is 6.50. The third kappa shape index (κ3) is 2.16. The van der Waals surface area contributed by atoms with Crippen LogP contribution in [0.4, 0.5) is 0 Å². The van der Waals surface area contributed by atoms with Gasteiger partial charge in [0.25, 0.3) is 0 Å². The fourth-order valence-corrected chi connectivity index (χ4v) is 3.53. The molecule has 0 saturated heterocycles. The van der Waals surface area contributed by atoms with Gasteiger partial charge in [-0.2, -0.15) is 5.10 Å². The maximum atomic E-state index is 4.53. The Kier molecular flexibility index (Phi) is 3.38. The molecule has 2 unspecified atom stereocenters. The highest BCUT2D eigenvalue weighted by atomic mass is 15.3. The predicted octanol–water partition coefficient (Wildman–Crippen LogP) is 3.38. The van der Waals surface area contributed by atoms with E-state index in [-0.39, 0.29) is 0 Å². The molecule has 20 heavy (non-hydrogen) atoms. The molecule has 3 heteroatoms. The van der Waals surface area contributed by atoms with Crippen molar-refractivity contribution in [3.05, 3.63) is 52.3 Å². The lowest BCUT2D eigenvalue weighted by Gasteiger charge is -2.21. The van der Waals surface area contributed by atoms with E-state index < -0.39 is 0 Å². The van der Waals surface area contributed by atoms with E-state index in [4.69, 9.17) is 0 Å². The van der Waals surface area contributed by atoms with E-state index in [0.29, 0.717) is 12.1 Å². The molecule has 1 N–H and O–H groups in total. The summed E-state index contributed by atoms with van der Waals surface area (Å²) < 4.78 is 1.98. The van der Waals surface area contributed by atoms with E-state index in [1.807, 2.05) is 11.7 Å². The standard InChI is InChI=1S/C17H23N3/c1-11(17-12(2)19-20(4)13(17)3)18-16-10-9-14-7-5-6-8-15(14)16/h5-8,11,16,18H,9-10H2,1-4H3. The van der Waals surface area contributed by atoms with E-state index in [1.54, 1.807) is 0 Å². The zero-order valence-corrected chi connectivity index (χ0v) is 12.8. The first kappa shape index (κ1) is 13.4. The predicted molar refractivity (Wildman–Crippen MR) is 81.7 cm³/mol. The van der Waals surface area contributed by atoms with Crippen LogP contribution in [0, 0.1) is 13.8 Å². The second-order valence-corrected chi connectivity index (χ2v) is 5.89. The van der Waals surface area contributed by atoms with Crippen LogP contribution in [0.5, 0.6) is 0 Å². The number of aryl methyl sites for hydroxylation is 3. The molecule has 0 bridgehead atoms. The van der Waals surface area contributed by atoms with Crippen LogP contribution in [-0.4, -0.2) is 9.78 Å². The second kappa shape index (κ2) is 5.06.